The lowest BCUT2D eigenvalue weighted by Gasteiger charge is -2.20. The quantitative estimate of drug-likeness (QED) is 0.401. The molecular formula is C25H24ClF3N2O4S. The first-order chi connectivity index (χ1) is 16.7. The van der Waals surface area contributed by atoms with Crippen LogP contribution in [0, 0.1) is 0 Å². The number of amides is 1. The summed E-state index contributed by atoms with van der Waals surface area (Å²) in [6.07, 6.45) is -4.07. The summed E-state index contributed by atoms with van der Waals surface area (Å²) in [5.74, 6) is -0.910. The van der Waals surface area contributed by atoms with E-state index in [1.807, 2.05) is 0 Å². The van der Waals surface area contributed by atoms with Crippen molar-refractivity contribution in [2.75, 3.05) is 18.5 Å². The van der Waals surface area contributed by atoms with Gasteiger partial charge in [0.15, 0.2) is 0 Å². The lowest BCUT2D eigenvalue weighted by molar-refractivity contribution is -0.141. The van der Waals surface area contributed by atoms with Gasteiger partial charge in [0, 0.05) is 22.7 Å². The van der Waals surface area contributed by atoms with Gasteiger partial charge in [-0.2, -0.15) is 13.2 Å². The van der Waals surface area contributed by atoms with Crippen molar-refractivity contribution >= 4 is 41.3 Å². The molecular weight excluding hydrogens is 517 g/mol. The average molecular weight is 541 g/mol. The zero-order chi connectivity index (χ0) is 25.2. The standard InChI is InChI=1S/C25H23F3N2O4S.ClH/c1-29-20(24(32)33)13-22(31)30-10-9-16-11-17(7-8-21(16)30)34-14-18-12-19(15-5-3-2-4-6-15)23(35-18)25(26,27)28;/h2-8,11-12,20,29H,9-10,13-14H2,1H3,(H,32,33);1H. The molecule has 1 aromatic heterocycles. The van der Waals surface area contributed by atoms with Crippen molar-refractivity contribution in [1.29, 1.82) is 0 Å². The monoisotopic (exact) mass is 540 g/mol. The van der Waals surface area contributed by atoms with Gasteiger partial charge in [-0.25, -0.2) is 0 Å². The van der Waals surface area contributed by atoms with E-state index < -0.39 is 23.1 Å². The van der Waals surface area contributed by atoms with Crippen molar-refractivity contribution in [3.63, 3.8) is 0 Å². The number of rotatable bonds is 8. The molecule has 0 spiro atoms. The fourth-order valence-electron chi connectivity index (χ4n) is 4.04. The van der Waals surface area contributed by atoms with Crippen LogP contribution in [0.25, 0.3) is 11.1 Å². The molecule has 4 rings (SSSR count). The number of likely N-dealkylation sites (N-methyl/N-ethyl adjacent to an activating group) is 1. The number of alkyl halides is 3. The van der Waals surface area contributed by atoms with E-state index in [0.717, 1.165) is 5.56 Å². The third kappa shape index (κ3) is 6.00. The first-order valence-corrected chi connectivity index (χ1v) is 11.7. The van der Waals surface area contributed by atoms with Gasteiger partial charge in [0.1, 0.15) is 23.3 Å². The number of carbonyl (C=O) groups is 2. The SMILES string of the molecule is CNC(CC(=O)N1CCc2cc(OCc3cc(-c4ccccc4)c(C(F)(F)F)s3)ccc21)C(=O)O.Cl. The molecule has 11 heteroatoms. The number of hydrogen-bond acceptors (Lipinski definition) is 5. The topological polar surface area (TPSA) is 78.9 Å². The number of anilines is 1. The third-order valence-corrected chi connectivity index (χ3v) is 6.93. The number of carboxylic acids is 1. The minimum atomic E-state index is -4.47. The number of benzene rings is 2. The number of ether oxygens (including phenoxy) is 1. The molecule has 2 N–H and O–H groups in total. The molecule has 2 aromatic carbocycles. The number of fused-ring (bicyclic) bond motifs is 1. The molecule has 192 valence electrons. The molecule has 36 heavy (non-hydrogen) atoms. The van der Waals surface area contributed by atoms with E-state index in [4.69, 9.17) is 9.84 Å². The molecule has 0 aliphatic carbocycles. The third-order valence-electron chi connectivity index (χ3n) is 5.78. The number of aliphatic carboxylic acids is 1. The van der Waals surface area contributed by atoms with Gasteiger partial charge in [-0.3, -0.25) is 9.59 Å². The van der Waals surface area contributed by atoms with Crippen LogP contribution in [0.1, 0.15) is 21.7 Å². The number of carboxylic acid groups (broad SMARTS) is 1. The van der Waals surface area contributed by atoms with Gasteiger partial charge in [0.25, 0.3) is 0 Å². The highest BCUT2D eigenvalue weighted by atomic mass is 35.5. The van der Waals surface area contributed by atoms with Crippen molar-refractivity contribution in [2.45, 2.75) is 31.7 Å². The highest BCUT2D eigenvalue weighted by Crippen LogP contribution is 2.43. The molecule has 1 aliphatic rings. The fourth-order valence-corrected chi connectivity index (χ4v) is 4.99. The fraction of sp³-hybridized carbons (Fsp3) is 0.280. The van der Waals surface area contributed by atoms with E-state index in [-0.39, 0.29) is 36.9 Å². The van der Waals surface area contributed by atoms with E-state index in [2.05, 4.69) is 5.32 Å². The summed E-state index contributed by atoms with van der Waals surface area (Å²) in [5, 5.41) is 11.8. The zero-order valence-electron chi connectivity index (χ0n) is 19.2. The molecule has 6 nitrogen and oxygen atoms in total. The van der Waals surface area contributed by atoms with Gasteiger partial charge in [-0.15, -0.1) is 23.7 Å². The summed E-state index contributed by atoms with van der Waals surface area (Å²) >= 11 is 0.664. The number of nitrogens with one attached hydrogen (secondary N) is 1. The molecule has 0 fully saturated rings. The van der Waals surface area contributed by atoms with Crippen LogP contribution < -0.4 is 15.0 Å². The summed E-state index contributed by atoms with van der Waals surface area (Å²) < 4.78 is 46.6. The van der Waals surface area contributed by atoms with Gasteiger partial charge in [-0.1, -0.05) is 30.3 Å². The lowest BCUT2D eigenvalue weighted by atomic mass is 10.1. The normalized spacial score (nSPS) is 13.6. The Labute approximate surface area is 216 Å². The summed E-state index contributed by atoms with van der Waals surface area (Å²) in [5.41, 5.74) is 2.17. The Kier molecular flexibility index (Phi) is 8.65. The summed E-state index contributed by atoms with van der Waals surface area (Å²) in [7, 11) is 1.49. The molecule has 0 radical (unpaired) electrons. The molecule has 1 amide bonds. The number of thiophene rings is 1. The summed E-state index contributed by atoms with van der Waals surface area (Å²) in [6, 6.07) is 14.1. The minimum absolute atomic E-state index is 0. The second-order valence-corrected chi connectivity index (χ2v) is 9.21. The van der Waals surface area contributed by atoms with Crippen LogP contribution in [-0.4, -0.2) is 36.6 Å². The van der Waals surface area contributed by atoms with Crippen LogP contribution in [-0.2, 0) is 28.8 Å². The number of halogens is 4. The first-order valence-electron chi connectivity index (χ1n) is 10.9. The van der Waals surface area contributed by atoms with Crippen LogP contribution in [0.5, 0.6) is 5.75 Å². The van der Waals surface area contributed by atoms with Gasteiger partial charge in [0.05, 0.1) is 6.42 Å². The van der Waals surface area contributed by atoms with E-state index in [0.29, 0.717) is 46.2 Å². The van der Waals surface area contributed by atoms with Crippen LogP contribution >= 0.6 is 23.7 Å². The van der Waals surface area contributed by atoms with Crippen LogP contribution in [0.15, 0.2) is 54.6 Å². The van der Waals surface area contributed by atoms with E-state index in [1.54, 1.807) is 53.4 Å². The Bertz CT molecular complexity index is 1230. The minimum Gasteiger partial charge on any atom is -0.488 e. The molecule has 1 atom stereocenters. The van der Waals surface area contributed by atoms with Crippen molar-refractivity contribution in [3.05, 3.63) is 69.9 Å². The summed E-state index contributed by atoms with van der Waals surface area (Å²) in [6.45, 7) is 0.401. The van der Waals surface area contributed by atoms with Crippen LogP contribution in [0.3, 0.4) is 0 Å². The maximum atomic E-state index is 13.6. The Morgan fingerprint density at radius 2 is 1.89 bits per heavy atom. The predicted octanol–water partition coefficient (Wildman–Crippen LogP) is 5.39. The van der Waals surface area contributed by atoms with E-state index >= 15 is 0 Å². The molecule has 3 aromatic rings. The Morgan fingerprint density at radius 1 is 1.17 bits per heavy atom. The highest BCUT2D eigenvalue weighted by molar-refractivity contribution is 7.12. The second-order valence-electron chi connectivity index (χ2n) is 8.08. The van der Waals surface area contributed by atoms with Crippen LogP contribution in [0.2, 0.25) is 0 Å². The van der Waals surface area contributed by atoms with Crippen molar-refractivity contribution in [1.82, 2.24) is 5.32 Å². The Morgan fingerprint density at radius 3 is 2.53 bits per heavy atom. The maximum absolute atomic E-state index is 13.6. The first kappa shape index (κ1) is 27.5. The van der Waals surface area contributed by atoms with E-state index in [1.165, 1.54) is 13.1 Å². The molecule has 1 unspecified atom stereocenters. The van der Waals surface area contributed by atoms with Crippen molar-refractivity contribution < 1.29 is 32.6 Å². The zero-order valence-corrected chi connectivity index (χ0v) is 20.8. The lowest BCUT2D eigenvalue weighted by Crippen LogP contribution is -2.40. The molecule has 2 heterocycles. The number of nitrogens with zero attached hydrogens (tertiary/aromatic N) is 1. The molecule has 0 bridgehead atoms. The van der Waals surface area contributed by atoms with Gasteiger partial charge < -0.3 is 20.1 Å². The molecule has 1 aliphatic heterocycles. The van der Waals surface area contributed by atoms with Gasteiger partial charge in [0.2, 0.25) is 5.91 Å². The van der Waals surface area contributed by atoms with Gasteiger partial charge in [-0.05, 0) is 48.9 Å². The average Bonchev–Trinajstić information content (AvgIpc) is 3.45. The number of hydrogen-bond donors (Lipinski definition) is 2. The Balaban J connectivity index is 0.00000361. The van der Waals surface area contributed by atoms with Crippen molar-refractivity contribution in [2.24, 2.45) is 0 Å². The maximum Gasteiger partial charge on any atom is 0.426 e. The largest absolute Gasteiger partial charge is 0.488 e. The predicted molar refractivity (Wildman–Crippen MR) is 134 cm³/mol. The number of carbonyl (C=O) groups excluding carboxylic acids is 1. The molecule has 0 saturated carbocycles. The smallest absolute Gasteiger partial charge is 0.426 e. The Hall–Kier alpha value is -3.08. The van der Waals surface area contributed by atoms with E-state index in [9.17, 15) is 22.8 Å². The van der Waals surface area contributed by atoms with Gasteiger partial charge >= 0.3 is 12.1 Å². The van der Waals surface area contributed by atoms with Crippen molar-refractivity contribution in [3.8, 4) is 16.9 Å². The highest BCUT2D eigenvalue weighted by Gasteiger charge is 2.36. The second kappa shape index (κ2) is 11.3. The van der Waals surface area contributed by atoms with Crippen LogP contribution in [0.4, 0.5) is 18.9 Å². The summed E-state index contributed by atoms with van der Waals surface area (Å²) in [4.78, 5) is 25.2. The molecule has 0 saturated heterocycles.